The van der Waals surface area contributed by atoms with Crippen molar-refractivity contribution in [3.8, 4) is 0 Å². The Kier molecular flexibility index (Phi) is 4.08. The van der Waals surface area contributed by atoms with Crippen molar-refractivity contribution in [1.29, 1.82) is 0 Å². The van der Waals surface area contributed by atoms with Gasteiger partial charge in [-0.25, -0.2) is 12.8 Å². The molecule has 0 aromatic carbocycles. The Bertz CT molecular complexity index is 563. The summed E-state index contributed by atoms with van der Waals surface area (Å²) in [5.74, 6) is -0.461. The molecule has 0 fully saturated rings. The van der Waals surface area contributed by atoms with E-state index in [4.69, 9.17) is 0 Å². The van der Waals surface area contributed by atoms with Crippen molar-refractivity contribution in [3.63, 3.8) is 0 Å². The van der Waals surface area contributed by atoms with Gasteiger partial charge in [0.25, 0.3) is 5.56 Å². The van der Waals surface area contributed by atoms with Crippen molar-refractivity contribution in [2.45, 2.75) is 32.1 Å². The van der Waals surface area contributed by atoms with Crippen LogP contribution in [0.25, 0.3) is 0 Å². The molecule has 96 valence electrons. The van der Waals surface area contributed by atoms with Gasteiger partial charge in [-0.1, -0.05) is 0 Å². The number of nitrogens with zero attached hydrogens (tertiary/aromatic N) is 1. The zero-order valence-electron chi connectivity index (χ0n) is 10.1. The lowest BCUT2D eigenvalue weighted by atomic mass is 10.2. The van der Waals surface area contributed by atoms with E-state index in [-0.39, 0.29) is 12.1 Å². The molecule has 1 aromatic heterocycles. The van der Waals surface area contributed by atoms with Crippen LogP contribution in [0, 0.1) is 12.7 Å². The van der Waals surface area contributed by atoms with Gasteiger partial charge in [-0.2, -0.15) is 0 Å². The maximum atomic E-state index is 13.2. The third-order valence-corrected chi connectivity index (χ3v) is 4.47. The lowest BCUT2D eigenvalue weighted by molar-refractivity contribution is 0.542. The Labute approximate surface area is 100 Å². The van der Waals surface area contributed by atoms with Crippen LogP contribution in [-0.4, -0.2) is 24.5 Å². The summed E-state index contributed by atoms with van der Waals surface area (Å²) in [6, 6.07) is 1.21. The molecule has 1 heterocycles. The number of sulfone groups is 1. The predicted molar refractivity (Wildman–Crippen MR) is 64.3 cm³/mol. The zero-order valence-corrected chi connectivity index (χ0v) is 10.9. The minimum Gasteiger partial charge on any atom is -0.313 e. The molecule has 0 saturated carbocycles. The summed E-state index contributed by atoms with van der Waals surface area (Å²) in [6.07, 6.45) is 2.56. The molecule has 0 aliphatic heterocycles. The van der Waals surface area contributed by atoms with Crippen molar-refractivity contribution in [3.05, 3.63) is 34.0 Å². The minimum absolute atomic E-state index is 0.199. The number of hydrogen-bond donors (Lipinski definition) is 0. The zero-order chi connectivity index (χ0) is 13.2. The van der Waals surface area contributed by atoms with Gasteiger partial charge < -0.3 is 4.57 Å². The van der Waals surface area contributed by atoms with Crippen LogP contribution in [0.1, 0.15) is 18.9 Å². The van der Waals surface area contributed by atoms with Gasteiger partial charge in [-0.15, -0.1) is 0 Å². The molecular weight excluding hydrogens is 245 g/mol. The number of hydrogen-bond acceptors (Lipinski definition) is 3. The lowest BCUT2D eigenvalue weighted by Gasteiger charge is -2.11. The second-order valence-corrected chi connectivity index (χ2v) is 6.73. The highest BCUT2D eigenvalue weighted by atomic mass is 32.2. The molecule has 6 heteroatoms. The minimum atomic E-state index is -3.11. The van der Waals surface area contributed by atoms with Crippen LogP contribution in [0.2, 0.25) is 0 Å². The summed E-state index contributed by atoms with van der Waals surface area (Å²) in [5, 5.41) is -0.543. The van der Waals surface area contributed by atoms with E-state index in [9.17, 15) is 17.6 Å². The third-order valence-electron chi connectivity index (χ3n) is 2.78. The molecule has 0 saturated heterocycles. The summed E-state index contributed by atoms with van der Waals surface area (Å²) in [7, 11) is -3.11. The molecule has 1 atom stereocenters. The molecule has 0 aliphatic carbocycles. The van der Waals surface area contributed by atoms with E-state index >= 15 is 0 Å². The van der Waals surface area contributed by atoms with E-state index in [0.29, 0.717) is 12.0 Å². The number of rotatable bonds is 4. The number of aromatic nitrogens is 1. The molecule has 4 nitrogen and oxygen atoms in total. The van der Waals surface area contributed by atoms with E-state index < -0.39 is 20.9 Å². The Balaban J connectivity index is 2.84. The molecule has 0 amide bonds. The first-order valence-electron chi connectivity index (χ1n) is 5.27. The summed E-state index contributed by atoms with van der Waals surface area (Å²) >= 11 is 0. The Hall–Kier alpha value is -1.17. The first-order chi connectivity index (χ1) is 7.71. The van der Waals surface area contributed by atoms with Gasteiger partial charge in [0.05, 0.1) is 5.25 Å². The lowest BCUT2D eigenvalue weighted by Crippen LogP contribution is -2.24. The van der Waals surface area contributed by atoms with Crippen LogP contribution in [0.3, 0.4) is 0 Å². The highest BCUT2D eigenvalue weighted by molar-refractivity contribution is 7.91. The SMILES string of the molecule is Cc1cc(=O)n(CCC(C)S(C)(=O)=O)cc1F. The molecule has 1 rings (SSSR count). The molecule has 0 aliphatic rings. The Morgan fingerprint density at radius 2 is 2.06 bits per heavy atom. The summed E-state index contributed by atoms with van der Waals surface area (Å²) in [6.45, 7) is 3.29. The highest BCUT2D eigenvalue weighted by Gasteiger charge is 2.15. The molecule has 17 heavy (non-hydrogen) atoms. The fourth-order valence-electron chi connectivity index (χ4n) is 1.35. The maximum absolute atomic E-state index is 13.2. The molecular formula is C11H16FNO3S. The normalized spacial score (nSPS) is 13.6. The monoisotopic (exact) mass is 261 g/mol. The van der Waals surface area contributed by atoms with Gasteiger partial charge in [0.1, 0.15) is 15.7 Å². The van der Waals surface area contributed by atoms with Crippen molar-refractivity contribution < 1.29 is 12.8 Å². The second-order valence-electron chi connectivity index (χ2n) is 4.26. The largest absolute Gasteiger partial charge is 0.313 e. The average molecular weight is 261 g/mol. The van der Waals surface area contributed by atoms with Crippen molar-refractivity contribution in [2.75, 3.05) is 6.26 Å². The summed E-state index contributed by atoms with van der Waals surface area (Å²) in [4.78, 5) is 11.5. The predicted octanol–water partition coefficient (Wildman–Crippen LogP) is 1.12. The molecule has 0 radical (unpaired) electrons. The van der Waals surface area contributed by atoms with E-state index in [2.05, 4.69) is 0 Å². The quantitative estimate of drug-likeness (QED) is 0.816. The third kappa shape index (κ3) is 3.66. The standard InChI is InChI=1S/C11H16FNO3S/c1-8-6-11(14)13(7-10(8)12)5-4-9(2)17(3,15)16/h6-7,9H,4-5H2,1-3H3. The van der Waals surface area contributed by atoms with Crippen LogP contribution < -0.4 is 5.56 Å². The molecule has 0 N–H and O–H groups in total. The summed E-state index contributed by atoms with van der Waals surface area (Å²) < 4.78 is 36.8. The number of aryl methyl sites for hydroxylation is 2. The van der Waals surface area contributed by atoms with Crippen molar-refractivity contribution >= 4 is 9.84 Å². The first kappa shape index (κ1) is 13.9. The van der Waals surface area contributed by atoms with Crippen LogP contribution in [0.15, 0.2) is 17.1 Å². The first-order valence-corrected chi connectivity index (χ1v) is 7.22. The van der Waals surface area contributed by atoms with Crippen LogP contribution in [-0.2, 0) is 16.4 Å². The molecule has 1 aromatic rings. The highest BCUT2D eigenvalue weighted by Crippen LogP contribution is 2.06. The van der Waals surface area contributed by atoms with E-state index in [1.165, 1.54) is 17.6 Å². The van der Waals surface area contributed by atoms with Gasteiger partial charge in [0.15, 0.2) is 0 Å². The maximum Gasteiger partial charge on any atom is 0.250 e. The summed E-state index contributed by atoms with van der Waals surface area (Å²) in [5.41, 5.74) is -0.0213. The van der Waals surface area contributed by atoms with E-state index in [1.54, 1.807) is 6.92 Å². The second kappa shape index (κ2) is 5.00. The van der Waals surface area contributed by atoms with E-state index in [0.717, 1.165) is 12.5 Å². The van der Waals surface area contributed by atoms with Crippen molar-refractivity contribution in [1.82, 2.24) is 4.57 Å². The molecule has 0 spiro atoms. The van der Waals surface area contributed by atoms with Crippen LogP contribution in [0.4, 0.5) is 4.39 Å². The molecule has 1 unspecified atom stereocenters. The average Bonchev–Trinajstić information content (AvgIpc) is 2.19. The van der Waals surface area contributed by atoms with Gasteiger partial charge in [0, 0.05) is 25.1 Å². The van der Waals surface area contributed by atoms with Crippen LogP contribution in [0.5, 0.6) is 0 Å². The fraction of sp³-hybridized carbons (Fsp3) is 0.545. The number of halogens is 1. The van der Waals surface area contributed by atoms with Gasteiger partial charge >= 0.3 is 0 Å². The number of pyridine rings is 1. The Morgan fingerprint density at radius 3 is 2.59 bits per heavy atom. The van der Waals surface area contributed by atoms with E-state index in [1.807, 2.05) is 0 Å². The van der Waals surface area contributed by atoms with Gasteiger partial charge in [-0.05, 0) is 25.8 Å². The topological polar surface area (TPSA) is 56.1 Å². The smallest absolute Gasteiger partial charge is 0.250 e. The van der Waals surface area contributed by atoms with Crippen molar-refractivity contribution in [2.24, 2.45) is 0 Å². The van der Waals surface area contributed by atoms with Gasteiger partial charge in [-0.3, -0.25) is 4.79 Å². The fourth-order valence-corrected chi connectivity index (χ4v) is 1.88. The van der Waals surface area contributed by atoms with Crippen LogP contribution >= 0.6 is 0 Å². The molecule has 0 bridgehead atoms. The van der Waals surface area contributed by atoms with Gasteiger partial charge in [0.2, 0.25) is 0 Å². The Morgan fingerprint density at radius 1 is 1.47 bits per heavy atom.